The van der Waals surface area contributed by atoms with E-state index in [9.17, 15) is 19.2 Å². The fourth-order valence-electron chi connectivity index (χ4n) is 3.17. The minimum absolute atomic E-state index is 0.156. The summed E-state index contributed by atoms with van der Waals surface area (Å²) in [5.74, 6) is -0.760. The molecule has 0 atom stereocenters. The monoisotopic (exact) mass is 409 g/mol. The van der Waals surface area contributed by atoms with Gasteiger partial charge in [0.15, 0.2) is 0 Å². The highest BCUT2D eigenvalue weighted by atomic mass is 16.5. The number of imide groups is 1. The molecular formula is C22H23N3O5. The molecule has 0 saturated carbocycles. The molecule has 0 bridgehead atoms. The van der Waals surface area contributed by atoms with E-state index >= 15 is 0 Å². The summed E-state index contributed by atoms with van der Waals surface area (Å²) in [6, 6.07) is 13.6. The summed E-state index contributed by atoms with van der Waals surface area (Å²) >= 11 is 0. The highest BCUT2D eigenvalue weighted by molar-refractivity contribution is 6.01. The maximum Gasteiger partial charge on any atom is 0.252 e. The molecule has 1 heterocycles. The van der Waals surface area contributed by atoms with Crippen LogP contribution < -0.4 is 15.8 Å². The molecule has 0 aliphatic carbocycles. The van der Waals surface area contributed by atoms with E-state index in [1.54, 1.807) is 42.5 Å². The van der Waals surface area contributed by atoms with Crippen molar-refractivity contribution in [2.75, 3.05) is 13.1 Å². The second-order valence-corrected chi connectivity index (χ2v) is 6.90. The first-order valence-electron chi connectivity index (χ1n) is 9.67. The zero-order valence-electron chi connectivity index (χ0n) is 16.4. The van der Waals surface area contributed by atoms with Gasteiger partial charge in [0.25, 0.3) is 11.8 Å². The number of carbonyl (C=O) groups excluding carboxylic acids is 4. The first-order chi connectivity index (χ1) is 14.5. The molecule has 0 radical (unpaired) electrons. The van der Waals surface area contributed by atoms with Gasteiger partial charge in [0.1, 0.15) is 12.4 Å². The van der Waals surface area contributed by atoms with Gasteiger partial charge in [-0.3, -0.25) is 24.1 Å². The SMILES string of the molecule is NC(=O)c1ccccc1OCc1cccc(C(=O)NCCCN2C(=O)CCC2=O)c1. The summed E-state index contributed by atoms with van der Waals surface area (Å²) in [5, 5.41) is 2.79. The number of nitrogens with two attached hydrogens (primary N) is 1. The number of benzene rings is 2. The first kappa shape index (κ1) is 21.0. The normalized spacial score (nSPS) is 13.4. The zero-order chi connectivity index (χ0) is 21.5. The lowest BCUT2D eigenvalue weighted by Crippen LogP contribution is -2.33. The van der Waals surface area contributed by atoms with Crippen molar-refractivity contribution in [3.63, 3.8) is 0 Å². The fourth-order valence-corrected chi connectivity index (χ4v) is 3.17. The van der Waals surface area contributed by atoms with Gasteiger partial charge >= 0.3 is 0 Å². The molecule has 156 valence electrons. The Balaban J connectivity index is 1.51. The number of likely N-dealkylation sites (tertiary alicyclic amines) is 1. The Morgan fingerprint density at radius 3 is 2.50 bits per heavy atom. The topological polar surface area (TPSA) is 119 Å². The highest BCUT2D eigenvalue weighted by Crippen LogP contribution is 2.19. The number of nitrogens with one attached hydrogen (secondary N) is 1. The summed E-state index contributed by atoms with van der Waals surface area (Å²) in [7, 11) is 0. The van der Waals surface area contributed by atoms with Crippen LogP contribution >= 0.6 is 0 Å². The molecule has 8 nitrogen and oxygen atoms in total. The lowest BCUT2D eigenvalue weighted by Gasteiger charge is -2.14. The average Bonchev–Trinajstić information content (AvgIpc) is 3.07. The molecule has 1 aliphatic rings. The number of primary amides is 1. The smallest absolute Gasteiger partial charge is 0.252 e. The molecule has 0 unspecified atom stereocenters. The molecule has 8 heteroatoms. The van der Waals surface area contributed by atoms with Gasteiger partial charge in [0.05, 0.1) is 5.56 Å². The number of rotatable bonds is 9. The maximum atomic E-state index is 12.4. The van der Waals surface area contributed by atoms with Gasteiger partial charge in [0.2, 0.25) is 11.8 Å². The van der Waals surface area contributed by atoms with Crippen LogP contribution in [-0.2, 0) is 16.2 Å². The summed E-state index contributed by atoms with van der Waals surface area (Å²) < 4.78 is 5.69. The van der Waals surface area contributed by atoms with Crippen LogP contribution in [0.15, 0.2) is 48.5 Å². The van der Waals surface area contributed by atoms with Crippen molar-refractivity contribution in [2.24, 2.45) is 5.73 Å². The molecule has 0 spiro atoms. The minimum atomic E-state index is -0.573. The van der Waals surface area contributed by atoms with E-state index in [1.807, 2.05) is 6.07 Å². The average molecular weight is 409 g/mol. The van der Waals surface area contributed by atoms with Gasteiger partial charge in [0, 0.05) is 31.5 Å². The largest absolute Gasteiger partial charge is 0.488 e. The number of carbonyl (C=O) groups is 4. The number of hydrogen-bond acceptors (Lipinski definition) is 5. The van der Waals surface area contributed by atoms with Crippen molar-refractivity contribution in [3.05, 3.63) is 65.2 Å². The van der Waals surface area contributed by atoms with Crippen LogP contribution in [0, 0.1) is 0 Å². The van der Waals surface area contributed by atoms with Crippen molar-refractivity contribution >= 4 is 23.6 Å². The van der Waals surface area contributed by atoms with Gasteiger partial charge in [-0.1, -0.05) is 24.3 Å². The third-order valence-corrected chi connectivity index (χ3v) is 4.73. The lowest BCUT2D eigenvalue weighted by molar-refractivity contribution is -0.138. The third kappa shape index (κ3) is 5.22. The molecule has 0 aromatic heterocycles. The van der Waals surface area contributed by atoms with Crippen molar-refractivity contribution in [3.8, 4) is 5.75 Å². The van der Waals surface area contributed by atoms with Gasteiger partial charge in [-0.25, -0.2) is 0 Å². The van der Waals surface area contributed by atoms with Gasteiger partial charge in [-0.2, -0.15) is 0 Å². The predicted octanol–water partition coefficient (Wildman–Crippen LogP) is 1.63. The van der Waals surface area contributed by atoms with Crippen molar-refractivity contribution in [1.82, 2.24) is 10.2 Å². The molecule has 2 aromatic rings. The highest BCUT2D eigenvalue weighted by Gasteiger charge is 2.27. The lowest BCUT2D eigenvalue weighted by atomic mass is 10.1. The van der Waals surface area contributed by atoms with E-state index in [0.717, 1.165) is 5.56 Å². The molecular weight excluding hydrogens is 386 g/mol. The molecule has 1 aliphatic heterocycles. The summed E-state index contributed by atoms with van der Waals surface area (Å²) in [6.07, 6.45) is 1.03. The van der Waals surface area contributed by atoms with Gasteiger partial charge < -0.3 is 15.8 Å². The molecule has 1 saturated heterocycles. The van der Waals surface area contributed by atoms with Crippen LogP contribution in [-0.4, -0.2) is 41.6 Å². The molecule has 30 heavy (non-hydrogen) atoms. The van der Waals surface area contributed by atoms with Crippen molar-refractivity contribution in [1.29, 1.82) is 0 Å². The molecule has 4 amide bonds. The molecule has 2 aromatic carbocycles. The van der Waals surface area contributed by atoms with E-state index < -0.39 is 5.91 Å². The zero-order valence-corrected chi connectivity index (χ0v) is 16.4. The third-order valence-electron chi connectivity index (χ3n) is 4.73. The van der Waals surface area contributed by atoms with E-state index in [1.165, 1.54) is 4.90 Å². The summed E-state index contributed by atoms with van der Waals surface area (Å²) in [5.41, 5.74) is 6.87. The van der Waals surface area contributed by atoms with Gasteiger partial charge in [-0.05, 0) is 36.2 Å². The fraction of sp³-hybridized carbons (Fsp3) is 0.273. The first-order valence-corrected chi connectivity index (χ1v) is 9.67. The Morgan fingerprint density at radius 1 is 1.03 bits per heavy atom. The Labute approximate surface area is 174 Å². The standard InChI is InChI=1S/C22H23N3O5/c23-21(28)17-7-1-2-8-18(17)30-14-15-5-3-6-16(13-15)22(29)24-11-4-12-25-19(26)9-10-20(25)27/h1-3,5-8,13H,4,9-12,14H2,(H2,23,28)(H,24,29). The van der Waals surface area contributed by atoms with Crippen LogP contribution in [0.1, 0.15) is 45.5 Å². The van der Waals surface area contributed by atoms with Crippen LogP contribution in [0.2, 0.25) is 0 Å². The quantitative estimate of drug-likeness (QED) is 0.482. The van der Waals surface area contributed by atoms with Crippen LogP contribution in [0.3, 0.4) is 0 Å². The second kappa shape index (κ2) is 9.69. The summed E-state index contributed by atoms with van der Waals surface area (Å²) in [6.45, 7) is 0.832. The van der Waals surface area contributed by atoms with E-state index in [2.05, 4.69) is 5.32 Å². The van der Waals surface area contributed by atoms with Crippen LogP contribution in [0.4, 0.5) is 0 Å². The van der Waals surface area contributed by atoms with Crippen molar-refractivity contribution < 1.29 is 23.9 Å². The van der Waals surface area contributed by atoms with E-state index in [0.29, 0.717) is 36.4 Å². The van der Waals surface area contributed by atoms with Crippen molar-refractivity contribution in [2.45, 2.75) is 25.9 Å². The second-order valence-electron chi connectivity index (χ2n) is 6.90. The Hall–Kier alpha value is -3.68. The predicted molar refractivity (Wildman–Crippen MR) is 109 cm³/mol. The Morgan fingerprint density at radius 2 is 1.77 bits per heavy atom. The number of ether oxygens (including phenoxy) is 1. The maximum absolute atomic E-state index is 12.4. The Kier molecular flexibility index (Phi) is 6.79. The van der Waals surface area contributed by atoms with Gasteiger partial charge in [-0.15, -0.1) is 0 Å². The molecule has 1 fully saturated rings. The number of para-hydroxylation sites is 1. The van der Waals surface area contributed by atoms with Crippen LogP contribution in [0.5, 0.6) is 5.75 Å². The number of hydrogen-bond donors (Lipinski definition) is 2. The minimum Gasteiger partial charge on any atom is -0.488 e. The molecule has 3 N–H and O–H groups in total. The Bertz CT molecular complexity index is 957. The molecule has 3 rings (SSSR count). The van der Waals surface area contributed by atoms with E-state index in [4.69, 9.17) is 10.5 Å². The number of amides is 4. The summed E-state index contributed by atoms with van der Waals surface area (Å²) in [4.78, 5) is 48.2. The number of nitrogens with zero attached hydrogens (tertiary/aromatic N) is 1. The van der Waals surface area contributed by atoms with Crippen LogP contribution in [0.25, 0.3) is 0 Å². The van der Waals surface area contributed by atoms with E-state index in [-0.39, 0.29) is 37.2 Å².